The zero-order valence-corrected chi connectivity index (χ0v) is 14.2. The van der Waals surface area contributed by atoms with Crippen LogP contribution in [0.4, 0.5) is 0 Å². The lowest BCUT2D eigenvalue weighted by molar-refractivity contribution is 0.469. The molecule has 0 N–H and O–H groups in total. The van der Waals surface area contributed by atoms with Crippen LogP contribution in [-0.2, 0) is 16.6 Å². The van der Waals surface area contributed by atoms with E-state index in [1.54, 1.807) is 12.1 Å². The van der Waals surface area contributed by atoms with E-state index in [2.05, 4.69) is 0 Å². The molecule has 1 aromatic heterocycles. The summed E-state index contributed by atoms with van der Waals surface area (Å²) in [6.45, 7) is 0.240. The second-order valence-corrected chi connectivity index (χ2v) is 8.79. The van der Waals surface area contributed by atoms with E-state index in [-0.39, 0.29) is 21.5 Å². The second kappa shape index (κ2) is 6.22. The van der Waals surface area contributed by atoms with Gasteiger partial charge >= 0.3 is 0 Å². The van der Waals surface area contributed by atoms with E-state index >= 15 is 0 Å². The van der Waals surface area contributed by atoms with Gasteiger partial charge in [0.1, 0.15) is 0 Å². The number of nitrogens with zero attached hydrogens (tertiary/aromatic N) is 1. The van der Waals surface area contributed by atoms with Gasteiger partial charge in [-0.2, -0.15) is 4.31 Å². The van der Waals surface area contributed by atoms with E-state index < -0.39 is 10.0 Å². The van der Waals surface area contributed by atoms with Crippen molar-refractivity contribution in [2.45, 2.75) is 11.4 Å². The van der Waals surface area contributed by atoms with Crippen molar-refractivity contribution in [1.82, 2.24) is 4.31 Å². The maximum atomic E-state index is 12.4. The first-order valence-electron chi connectivity index (χ1n) is 5.45. The molecule has 0 atom stereocenters. The van der Waals surface area contributed by atoms with Gasteiger partial charge in [-0.1, -0.05) is 34.8 Å². The molecule has 0 amide bonds. The summed E-state index contributed by atoms with van der Waals surface area (Å²) in [6.07, 6.45) is 0. The minimum absolute atomic E-state index is 0.0696. The van der Waals surface area contributed by atoms with Crippen LogP contribution < -0.4 is 0 Å². The molecule has 3 nitrogen and oxygen atoms in total. The summed E-state index contributed by atoms with van der Waals surface area (Å²) in [4.78, 5) is 0.925. The molecule has 0 aliphatic heterocycles. The first kappa shape index (κ1) is 16.1. The number of rotatable bonds is 4. The zero-order chi connectivity index (χ0) is 14.9. The van der Waals surface area contributed by atoms with Crippen LogP contribution in [0.1, 0.15) is 4.88 Å². The van der Waals surface area contributed by atoms with E-state index in [4.69, 9.17) is 34.8 Å². The van der Waals surface area contributed by atoms with Crippen LogP contribution in [0.5, 0.6) is 0 Å². The smallest absolute Gasteiger partial charge is 0.207 e. The van der Waals surface area contributed by atoms with E-state index in [1.807, 2.05) is 0 Å². The van der Waals surface area contributed by atoms with Gasteiger partial charge in [-0.25, -0.2) is 8.42 Å². The highest BCUT2D eigenvalue weighted by Gasteiger charge is 2.22. The van der Waals surface area contributed by atoms with E-state index in [9.17, 15) is 8.42 Å². The molecule has 20 heavy (non-hydrogen) atoms. The number of hydrogen-bond acceptors (Lipinski definition) is 3. The Kier molecular flexibility index (Phi) is 5.00. The van der Waals surface area contributed by atoms with Crippen LogP contribution in [0.3, 0.4) is 0 Å². The third-order valence-electron chi connectivity index (χ3n) is 2.55. The van der Waals surface area contributed by atoms with Crippen molar-refractivity contribution in [2.24, 2.45) is 0 Å². The maximum absolute atomic E-state index is 12.4. The number of thiophene rings is 1. The molecule has 1 aromatic carbocycles. The molecule has 8 heteroatoms. The molecule has 2 aromatic rings. The van der Waals surface area contributed by atoms with Gasteiger partial charge in [0.25, 0.3) is 0 Å². The van der Waals surface area contributed by atoms with Gasteiger partial charge in [-0.05, 0) is 30.3 Å². The van der Waals surface area contributed by atoms with Crippen LogP contribution in [0.15, 0.2) is 35.2 Å². The SMILES string of the molecule is CN(Cc1ccc(Cl)s1)S(=O)(=O)c1cc(Cl)cc(Cl)c1. The van der Waals surface area contributed by atoms with Crippen molar-refractivity contribution in [3.05, 3.63) is 49.6 Å². The maximum Gasteiger partial charge on any atom is 0.243 e. The number of sulfonamides is 1. The number of benzene rings is 1. The van der Waals surface area contributed by atoms with Crippen molar-refractivity contribution in [3.8, 4) is 0 Å². The van der Waals surface area contributed by atoms with Crippen molar-refractivity contribution in [3.63, 3.8) is 0 Å². The molecule has 108 valence electrons. The van der Waals surface area contributed by atoms with Crippen LogP contribution in [0, 0.1) is 0 Å². The normalized spacial score (nSPS) is 12.1. The summed E-state index contributed by atoms with van der Waals surface area (Å²) in [5.41, 5.74) is 0. The van der Waals surface area contributed by atoms with E-state index in [0.29, 0.717) is 4.34 Å². The molecular weight excluding hydrogens is 361 g/mol. The summed E-state index contributed by atoms with van der Waals surface area (Å²) in [5.74, 6) is 0. The summed E-state index contributed by atoms with van der Waals surface area (Å²) < 4.78 is 26.7. The molecule has 0 radical (unpaired) electrons. The van der Waals surface area contributed by atoms with Crippen LogP contribution >= 0.6 is 46.1 Å². The van der Waals surface area contributed by atoms with Gasteiger partial charge in [-0.3, -0.25) is 0 Å². The first-order chi connectivity index (χ1) is 9.29. The van der Waals surface area contributed by atoms with Crippen molar-refractivity contribution in [2.75, 3.05) is 7.05 Å². The first-order valence-corrected chi connectivity index (χ1v) is 8.85. The monoisotopic (exact) mass is 369 g/mol. The van der Waals surface area contributed by atoms with Crippen molar-refractivity contribution >= 4 is 56.2 Å². The minimum Gasteiger partial charge on any atom is -0.207 e. The molecule has 0 saturated heterocycles. The Balaban J connectivity index is 2.29. The predicted molar refractivity (Wildman–Crippen MR) is 84.4 cm³/mol. The van der Waals surface area contributed by atoms with Gasteiger partial charge in [0.2, 0.25) is 10.0 Å². The van der Waals surface area contributed by atoms with E-state index in [0.717, 1.165) is 4.88 Å². The predicted octanol–water partition coefficient (Wildman–Crippen LogP) is 4.53. The Morgan fingerprint density at radius 1 is 1.10 bits per heavy atom. The Morgan fingerprint density at radius 2 is 1.70 bits per heavy atom. The molecule has 0 aliphatic rings. The summed E-state index contributed by atoms with van der Waals surface area (Å²) in [6, 6.07) is 7.77. The highest BCUT2D eigenvalue weighted by atomic mass is 35.5. The molecule has 0 unspecified atom stereocenters. The fourth-order valence-corrected chi connectivity index (χ4v) is 4.70. The molecule has 0 aliphatic carbocycles. The van der Waals surface area contributed by atoms with Gasteiger partial charge in [-0.15, -0.1) is 11.3 Å². The molecular formula is C12H10Cl3NO2S2. The van der Waals surface area contributed by atoms with Gasteiger partial charge in [0.15, 0.2) is 0 Å². The van der Waals surface area contributed by atoms with Crippen LogP contribution in [0.2, 0.25) is 14.4 Å². The Labute approximate surface area is 136 Å². The fraction of sp³-hybridized carbons (Fsp3) is 0.167. The van der Waals surface area contributed by atoms with E-state index in [1.165, 1.54) is 40.9 Å². The minimum atomic E-state index is -3.64. The lowest BCUT2D eigenvalue weighted by Crippen LogP contribution is -2.26. The lowest BCUT2D eigenvalue weighted by atomic mass is 10.4. The Bertz CT molecular complexity index is 708. The number of halogens is 3. The fourth-order valence-electron chi connectivity index (χ4n) is 1.60. The van der Waals surface area contributed by atoms with Gasteiger partial charge in [0.05, 0.1) is 9.23 Å². The highest BCUT2D eigenvalue weighted by Crippen LogP contribution is 2.27. The average Bonchev–Trinajstić information content (AvgIpc) is 2.73. The summed E-state index contributed by atoms with van der Waals surface area (Å²) in [7, 11) is -2.15. The zero-order valence-electron chi connectivity index (χ0n) is 10.3. The van der Waals surface area contributed by atoms with Crippen LogP contribution in [0.25, 0.3) is 0 Å². The third kappa shape index (κ3) is 3.67. The van der Waals surface area contributed by atoms with Crippen molar-refractivity contribution in [1.29, 1.82) is 0 Å². The van der Waals surface area contributed by atoms with Crippen LogP contribution in [-0.4, -0.2) is 19.8 Å². The molecule has 0 spiro atoms. The lowest BCUT2D eigenvalue weighted by Gasteiger charge is -2.16. The Morgan fingerprint density at radius 3 is 2.20 bits per heavy atom. The second-order valence-electron chi connectivity index (χ2n) is 4.07. The average molecular weight is 371 g/mol. The standard InChI is InChI=1S/C12H10Cl3NO2S2/c1-16(7-10-2-3-12(15)19-10)20(17,18)11-5-8(13)4-9(14)6-11/h2-6H,7H2,1H3. The van der Waals surface area contributed by atoms with Gasteiger partial charge < -0.3 is 0 Å². The molecule has 0 bridgehead atoms. The topological polar surface area (TPSA) is 37.4 Å². The largest absolute Gasteiger partial charge is 0.243 e. The quantitative estimate of drug-likeness (QED) is 0.793. The molecule has 0 fully saturated rings. The van der Waals surface area contributed by atoms with Crippen molar-refractivity contribution < 1.29 is 8.42 Å². The third-order valence-corrected chi connectivity index (χ3v) is 5.99. The highest BCUT2D eigenvalue weighted by molar-refractivity contribution is 7.89. The van der Waals surface area contributed by atoms with Gasteiger partial charge in [0, 0.05) is 28.5 Å². The summed E-state index contributed by atoms with van der Waals surface area (Å²) in [5, 5.41) is 0.562. The summed E-state index contributed by atoms with van der Waals surface area (Å²) >= 11 is 18.9. The molecule has 0 saturated carbocycles. The Hall–Kier alpha value is -0.300. The number of hydrogen-bond donors (Lipinski definition) is 0. The molecule has 1 heterocycles. The molecule has 2 rings (SSSR count).